The van der Waals surface area contributed by atoms with Crippen molar-refractivity contribution in [2.75, 3.05) is 26.3 Å². The molecule has 1 saturated heterocycles. The van der Waals surface area contributed by atoms with Gasteiger partial charge in [0.05, 0.1) is 30.8 Å². The molecule has 0 unspecified atom stereocenters. The standard InChI is InChI=1S/C23H23N3O/c1-2-6-20-15-18(9-10-19(20)5-1)16-26-22-8-4-3-7-21(22)24-23(26)17-25-11-13-27-14-12-25/h1-10,15H,11-14,16-17H2. The quantitative estimate of drug-likeness (QED) is 0.551. The van der Waals surface area contributed by atoms with Gasteiger partial charge in [-0.15, -0.1) is 0 Å². The van der Waals surface area contributed by atoms with Crippen LogP contribution in [0.25, 0.3) is 21.8 Å². The molecule has 4 nitrogen and oxygen atoms in total. The molecule has 136 valence electrons. The first-order valence-corrected chi connectivity index (χ1v) is 9.59. The topological polar surface area (TPSA) is 30.3 Å². The summed E-state index contributed by atoms with van der Waals surface area (Å²) in [6, 6.07) is 23.7. The van der Waals surface area contributed by atoms with Gasteiger partial charge in [-0.05, 0) is 34.5 Å². The third kappa shape index (κ3) is 3.34. The molecule has 1 aromatic heterocycles. The summed E-state index contributed by atoms with van der Waals surface area (Å²) >= 11 is 0. The van der Waals surface area contributed by atoms with Crippen molar-refractivity contribution in [3.05, 3.63) is 78.1 Å². The van der Waals surface area contributed by atoms with Crippen LogP contribution in [-0.2, 0) is 17.8 Å². The van der Waals surface area contributed by atoms with E-state index in [-0.39, 0.29) is 0 Å². The van der Waals surface area contributed by atoms with Crippen molar-refractivity contribution in [3.63, 3.8) is 0 Å². The van der Waals surface area contributed by atoms with Gasteiger partial charge in [-0.25, -0.2) is 4.98 Å². The molecule has 0 N–H and O–H groups in total. The smallest absolute Gasteiger partial charge is 0.124 e. The van der Waals surface area contributed by atoms with Crippen molar-refractivity contribution in [2.45, 2.75) is 13.1 Å². The first kappa shape index (κ1) is 16.5. The third-order valence-electron chi connectivity index (χ3n) is 5.36. The molecule has 0 amide bonds. The number of fused-ring (bicyclic) bond motifs is 2. The van der Waals surface area contributed by atoms with Gasteiger partial charge in [0, 0.05) is 19.6 Å². The van der Waals surface area contributed by atoms with E-state index in [1.165, 1.54) is 21.9 Å². The molecular formula is C23H23N3O. The molecule has 1 aliphatic heterocycles. The van der Waals surface area contributed by atoms with Gasteiger partial charge in [0.2, 0.25) is 0 Å². The highest BCUT2D eigenvalue weighted by Gasteiger charge is 2.16. The zero-order valence-electron chi connectivity index (χ0n) is 15.3. The van der Waals surface area contributed by atoms with E-state index < -0.39 is 0 Å². The highest BCUT2D eigenvalue weighted by atomic mass is 16.5. The van der Waals surface area contributed by atoms with Crippen molar-refractivity contribution in [2.24, 2.45) is 0 Å². The summed E-state index contributed by atoms with van der Waals surface area (Å²) in [5.74, 6) is 1.13. The second-order valence-electron chi connectivity index (χ2n) is 7.17. The van der Waals surface area contributed by atoms with Crippen LogP contribution in [0.15, 0.2) is 66.7 Å². The van der Waals surface area contributed by atoms with E-state index in [4.69, 9.17) is 9.72 Å². The Labute approximate surface area is 159 Å². The average Bonchev–Trinajstić information content (AvgIpc) is 3.06. The van der Waals surface area contributed by atoms with Gasteiger partial charge in [-0.3, -0.25) is 4.90 Å². The molecular weight excluding hydrogens is 334 g/mol. The molecule has 0 radical (unpaired) electrons. The molecule has 1 aliphatic rings. The zero-order chi connectivity index (χ0) is 18.1. The lowest BCUT2D eigenvalue weighted by atomic mass is 10.1. The number of nitrogens with zero attached hydrogens (tertiary/aromatic N) is 3. The second-order valence-corrected chi connectivity index (χ2v) is 7.17. The number of hydrogen-bond donors (Lipinski definition) is 0. The number of morpholine rings is 1. The monoisotopic (exact) mass is 357 g/mol. The lowest BCUT2D eigenvalue weighted by Gasteiger charge is -2.26. The van der Waals surface area contributed by atoms with Crippen molar-refractivity contribution >= 4 is 21.8 Å². The summed E-state index contributed by atoms with van der Waals surface area (Å²) in [6.45, 7) is 5.27. The molecule has 2 heterocycles. The number of hydrogen-bond acceptors (Lipinski definition) is 3. The normalized spacial score (nSPS) is 15.6. The van der Waals surface area contributed by atoms with E-state index in [1.54, 1.807) is 0 Å². The molecule has 4 heteroatoms. The summed E-state index contributed by atoms with van der Waals surface area (Å²) in [5, 5.41) is 2.57. The largest absolute Gasteiger partial charge is 0.379 e. The van der Waals surface area contributed by atoms with Gasteiger partial charge in [-0.1, -0.05) is 48.5 Å². The van der Waals surface area contributed by atoms with E-state index in [0.29, 0.717) is 0 Å². The van der Waals surface area contributed by atoms with E-state index >= 15 is 0 Å². The maximum absolute atomic E-state index is 5.49. The van der Waals surface area contributed by atoms with Crippen molar-refractivity contribution in [3.8, 4) is 0 Å². The molecule has 0 atom stereocenters. The maximum Gasteiger partial charge on any atom is 0.124 e. The summed E-state index contributed by atoms with van der Waals surface area (Å²) in [5.41, 5.74) is 3.58. The Morgan fingerprint density at radius 1 is 0.815 bits per heavy atom. The fourth-order valence-corrected chi connectivity index (χ4v) is 3.90. The highest BCUT2D eigenvalue weighted by Crippen LogP contribution is 2.22. The minimum atomic E-state index is 0.810. The van der Waals surface area contributed by atoms with Gasteiger partial charge in [0.1, 0.15) is 5.82 Å². The fourth-order valence-electron chi connectivity index (χ4n) is 3.90. The van der Waals surface area contributed by atoms with Gasteiger partial charge in [0.15, 0.2) is 0 Å². The number of ether oxygens (including phenoxy) is 1. The van der Waals surface area contributed by atoms with Crippen molar-refractivity contribution in [1.82, 2.24) is 14.5 Å². The Morgan fingerprint density at radius 2 is 1.59 bits per heavy atom. The van der Waals surface area contributed by atoms with E-state index in [9.17, 15) is 0 Å². The predicted molar refractivity (Wildman–Crippen MR) is 109 cm³/mol. The SMILES string of the molecule is c1ccc2cc(Cn3c(CN4CCOCC4)nc4ccccc43)ccc2c1. The first-order valence-electron chi connectivity index (χ1n) is 9.59. The van der Waals surface area contributed by atoms with Crippen LogP contribution >= 0.6 is 0 Å². The van der Waals surface area contributed by atoms with Gasteiger partial charge in [-0.2, -0.15) is 0 Å². The highest BCUT2D eigenvalue weighted by molar-refractivity contribution is 5.83. The van der Waals surface area contributed by atoms with Gasteiger partial charge in [0.25, 0.3) is 0 Å². The maximum atomic E-state index is 5.49. The molecule has 5 rings (SSSR count). The molecule has 3 aromatic carbocycles. The van der Waals surface area contributed by atoms with Crippen LogP contribution in [0.3, 0.4) is 0 Å². The van der Waals surface area contributed by atoms with Crippen LogP contribution in [-0.4, -0.2) is 40.8 Å². The lowest BCUT2D eigenvalue weighted by molar-refractivity contribution is 0.0327. The van der Waals surface area contributed by atoms with Crippen LogP contribution < -0.4 is 0 Å². The number of para-hydroxylation sites is 2. The van der Waals surface area contributed by atoms with E-state index in [2.05, 4.69) is 76.2 Å². The number of rotatable bonds is 4. The first-order chi connectivity index (χ1) is 13.4. The number of aromatic nitrogens is 2. The summed E-state index contributed by atoms with van der Waals surface area (Å²) in [4.78, 5) is 7.38. The van der Waals surface area contributed by atoms with Crippen molar-refractivity contribution < 1.29 is 4.74 Å². The minimum Gasteiger partial charge on any atom is -0.379 e. The minimum absolute atomic E-state index is 0.810. The molecule has 0 saturated carbocycles. The average molecular weight is 357 g/mol. The Morgan fingerprint density at radius 3 is 2.48 bits per heavy atom. The number of imidazole rings is 1. The lowest BCUT2D eigenvalue weighted by Crippen LogP contribution is -2.36. The second kappa shape index (κ2) is 7.14. The molecule has 1 fully saturated rings. The Hall–Kier alpha value is -2.69. The summed E-state index contributed by atoms with van der Waals surface area (Å²) < 4.78 is 7.86. The Kier molecular flexibility index (Phi) is 4.36. The molecule has 0 aliphatic carbocycles. The van der Waals surface area contributed by atoms with E-state index in [1.807, 2.05) is 0 Å². The summed E-state index contributed by atoms with van der Waals surface area (Å²) in [6.07, 6.45) is 0. The van der Waals surface area contributed by atoms with Crippen molar-refractivity contribution in [1.29, 1.82) is 0 Å². The molecule has 0 spiro atoms. The van der Waals surface area contributed by atoms with Crippen LogP contribution in [0.5, 0.6) is 0 Å². The number of benzene rings is 3. The van der Waals surface area contributed by atoms with E-state index in [0.717, 1.165) is 50.7 Å². The van der Waals surface area contributed by atoms with Crippen LogP contribution in [0.1, 0.15) is 11.4 Å². The predicted octanol–water partition coefficient (Wildman–Crippen LogP) is 4.07. The molecule has 0 bridgehead atoms. The van der Waals surface area contributed by atoms with Crippen LogP contribution in [0, 0.1) is 0 Å². The molecule has 27 heavy (non-hydrogen) atoms. The fraction of sp³-hybridized carbons (Fsp3) is 0.261. The Bertz CT molecular complexity index is 1080. The van der Waals surface area contributed by atoms with Gasteiger partial charge < -0.3 is 9.30 Å². The zero-order valence-corrected chi connectivity index (χ0v) is 15.3. The summed E-state index contributed by atoms with van der Waals surface area (Å²) in [7, 11) is 0. The Balaban J connectivity index is 1.52. The van der Waals surface area contributed by atoms with Crippen LogP contribution in [0.2, 0.25) is 0 Å². The third-order valence-corrected chi connectivity index (χ3v) is 5.36. The molecule has 4 aromatic rings. The van der Waals surface area contributed by atoms with Gasteiger partial charge >= 0.3 is 0 Å². The van der Waals surface area contributed by atoms with Crippen LogP contribution in [0.4, 0.5) is 0 Å².